The van der Waals surface area contributed by atoms with Crippen molar-refractivity contribution in [2.45, 2.75) is 31.6 Å². The predicted molar refractivity (Wildman–Crippen MR) is 113 cm³/mol. The third-order valence-electron chi connectivity index (χ3n) is 4.72. The molecule has 3 aromatic rings. The second-order valence-electron chi connectivity index (χ2n) is 6.67. The van der Waals surface area contributed by atoms with Crippen molar-refractivity contribution >= 4 is 39.2 Å². The Morgan fingerprint density at radius 3 is 3.14 bits per heavy atom. The smallest absolute Gasteiger partial charge is 0.259 e. The summed E-state index contributed by atoms with van der Waals surface area (Å²) in [5.41, 5.74) is 2.12. The molecule has 6 nitrogen and oxygen atoms in total. The number of benzene rings is 1. The summed E-state index contributed by atoms with van der Waals surface area (Å²) in [6.07, 6.45) is 3.15. The summed E-state index contributed by atoms with van der Waals surface area (Å²) in [6, 6.07) is 7.61. The number of thioether (sulfide) groups is 1. The van der Waals surface area contributed by atoms with Gasteiger partial charge in [-0.1, -0.05) is 12.1 Å². The van der Waals surface area contributed by atoms with Gasteiger partial charge in [0.1, 0.15) is 16.4 Å². The molecule has 0 saturated heterocycles. The number of aryl methyl sites for hydroxylation is 2. The van der Waals surface area contributed by atoms with Crippen LogP contribution >= 0.6 is 23.1 Å². The predicted octanol–water partition coefficient (Wildman–Crippen LogP) is 3.03. The molecule has 8 heteroatoms. The Morgan fingerprint density at radius 1 is 1.39 bits per heavy atom. The second kappa shape index (κ2) is 8.36. The van der Waals surface area contributed by atoms with E-state index in [4.69, 9.17) is 4.74 Å². The first kappa shape index (κ1) is 19.0. The lowest BCUT2D eigenvalue weighted by molar-refractivity contribution is -0.118. The highest BCUT2D eigenvalue weighted by molar-refractivity contribution is 7.99. The van der Waals surface area contributed by atoms with Gasteiger partial charge in [-0.3, -0.25) is 9.59 Å². The zero-order valence-corrected chi connectivity index (χ0v) is 17.2. The molecule has 1 aliphatic carbocycles. The van der Waals surface area contributed by atoms with Gasteiger partial charge in [0.05, 0.1) is 24.0 Å². The molecule has 0 spiro atoms. The van der Waals surface area contributed by atoms with Crippen molar-refractivity contribution in [1.29, 1.82) is 0 Å². The Morgan fingerprint density at radius 2 is 2.29 bits per heavy atom. The van der Waals surface area contributed by atoms with E-state index in [0.717, 1.165) is 40.8 Å². The van der Waals surface area contributed by atoms with Crippen LogP contribution in [0, 0.1) is 0 Å². The number of hydrogen-bond donors (Lipinski definition) is 2. The molecule has 0 saturated carbocycles. The van der Waals surface area contributed by atoms with Crippen LogP contribution in [0.15, 0.2) is 29.1 Å². The lowest BCUT2D eigenvalue weighted by Crippen LogP contribution is -2.24. The fourth-order valence-electron chi connectivity index (χ4n) is 3.39. The summed E-state index contributed by atoms with van der Waals surface area (Å²) in [6.45, 7) is 0.457. The third kappa shape index (κ3) is 4.07. The van der Waals surface area contributed by atoms with E-state index in [1.807, 2.05) is 24.3 Å². The Balaban J connectivity index is 1.31. The number of hydrogen-bond acceptors (Lipinski definition) is 6. The average molecular weight is 416 g/mol. The Labute approximate surface area is 170 Å². The van der Waals surface area contributed by atoms with Gasteiger partial charge in [-0.05, 0) is 42.5 Å². The van der Waals surface area contributed by atoms with Crippen molar-refractivity contribution in [1.82, 2.24) is 15.3 Å². The van der Waals surface area contributed by atoms with E-state index < -0.39 is 0 Å². The first-order valence-corrected chi connectivity index (χ1v) is 11.1. The normalized spacial score (nSPS) is 12.9. The minimum absolute atomic E-state index is 0.0497. The van der Waals surface area contributed by atoms with Crippen LogP contribution in [0.25, 0.3) is 10.2 Å². The van der Waals surface area contributed by atoms with Crippen molar-refractivity contribution < 1.29 is 9.53 Å². The number of ether oxygens (including phenoxy) is 1. The number of methoxy groups -OCH3 is 1. The molecule has 2 N–H and O–H groups in total. The van der Waals surface area contributed by atoms with Crippen molar-refractivity contribution in [3.8, 4) is 5.75 Å². The molecule has 1 aliphatic rings. The zero-order chi connectivity index (χ0) is 19.5. The van der Waals surface area contributed by atoms with E-state index in [2.05, 4.69) is 15.3 Å². The summed E-state index contributed by atoms with van der Waals surface area (Å²) < 4.78 is 5.18. The Hall–Kier alpha value is -2.32. The number of aromatic amines is 1. The Bertz CT molecular complexity index is 1070. The molecular weight excluding hydrogens is 394 g/mol. The van der Waals surface area contributed by atoms with Crippen LogP contribution in [0.5, 0.6) is 5.75 Å². The quantitative estimate of drug-likeness (QED) is 0.620. The first-order valence-electron chi connectivity index (χ1n) is 9.15. The largest absolute Gasteiger partial charge is 0.497 e. The van der Waals surface area contributed by atoms with Crippen LogP contribution in [0.3, 0.4) is 0 Å². The van der Waals surface area contributed by atoms with Gasteiger partial charge in [-0.15, -0.1) is 23.1 Å². The molecule has 0 unspecified atom stereocenters. The van der Waals surface area contributed by atoms with Gasteiger partial charge in [0, 0.05) is 11.4 Å². The van der Waals surface area contributed by atoms with Crippen LogP contribution < -0.4 is 15.6 Å². The number of nitrogens with zero attached hydrogens (tertiary/aromatic N) is 1. The average Bonchev–Trinajstić information content (AvgIpc) is 3.27. The van der Waals surface area contributed by atoms with E-state index in [1.54, 1.807) is 18.4 Å². The number of thiophene rings is 1. The topological polar surface area (TPSA) is 84.1 Å². The number of carbonyl (C=O) groups is 1. The zero-order valence-electron chi connectivity index (χ0n) is 15.5. The van der Waals surface area contributed by atoms with Crippen LogP contribution in [-0.2, 0) is 29.9 Å². The van der Waals surface area contributed by atoms with Crippen molar-refractivity contribution in [3.63, 3.8) is 0 Å². The van der Waals surface area contributed by atoms with Gasteiger partial charge in [0.15, 0.2) is 0 Å². The number of fused-ring (bicyclic) bond motifs is 3. The summed E-state index contributed by atoms with van der Waals surface area (Å²) in [5.74, 6) is 2.16. The summed E-state index contributed by atoms with van der Waals surface area (Å²) in [5, 5.41) is 3.66. The Kier molecular flexibility index (Phi) is 5.68. The summed E-state index contributed by atoms with van der Waals surface area (Å²) in [4.78, 5) is 34.1. The van der Waals surface area contributed by atoms with Crippen LogP contribution in [0.1, 0.15) is 28.2 Å². The molecule has 0 aliphatic heterocycles. The van der Waals surface area contributed by atoms with Crippen LogP contribution in [0.2, 0.25) is 0 Å². The molecule has 1 aromatic carbocycles. The standard InChI is InChI=1S/C20H21N3O3S2/c1-26-13-5-2-4-12(8-13)9-21-17(24)11-27-10-16-22-19(25)18-14-6-3-7-15(14)28-20(18)23-16/h2,4-5,8H,3,6-7,9-11H2,1H3,(H,21,24)(H,22,23,25). The molecule has 0 radical (unpaired) electrons. The van der Waals surface area contributed by atoms with Gasteiger partial charge in [0.2, 0.25) is 5.91 Å². The van der Waals surface area contributed by atoms with Gasteiger partial charge >= 0.3 is 0 Å². The van der Waals surface area contributed by atoms with Gasteiger partial charge in [0.25, 0.3) is 5.56 Å². The van der Waals surface area contributed by atoms with Crippen molar-refractivity contribution in [2.24, 2.45) is 0 Å². The SMILES string of the molecule is COc1cccc(CNC(=O)CSCc2nc3sc4c(c3c(=O)[nH]2)CCC4)c1. The van der Waals surface area contributed by atoms with Gasteiger partial charge < -0.3 is 15.0 Å². The maximum absolute atomic E-state index is 12.4. The molecule has 146 valence electrons. The number of nitrogens with one attached hydrogen (secondary N) is 2. The van der Waals surface area contributed by atoms with Crippen molar-refractivity contribution in [3.05, 3.63) is 56.4 Å². The van der Waals surface area contributed by atoms with Gasteiger partial charge in [-0.25, -0.2) is 4.98 Å². The van der Waals surface area contributed by atoms with Gasteiger partial charge in [-0.2, -0.15) is 0 Å². The number of rotatable bonds is 7. The highest BCUT2D eigenvalue weighted by atomic mass is 32.2. The minimum Gasteiger partial charge on any atom is -0.497 e. The lowest BCUT2D eigenvalue weighted by Gasteiger charge is -2.07. The van der Waals surface area contributed by atoms with Crippen LogP contribution in [0.4, 0.5) is 0 Å². The number of amides is 1. The molecule has 1 amide bonds. The van der Waals surface area contributed by atoms with E-state index in [9.17, 15) is 9.59 Å². The van der Waals surface area contributed by atoms with E-state index >= 15 is 0 Å². The first-order chi connectivity index (χ1) is 13.6. The lowest BCUT2D eigenvalue weighted by atomic mass is 10.2. The highest BCUT2D eigenvalue weighted by Gasteiger charge is 2.21. The third-order valence-corrected chi connectivity index (χ3v) is 6.85. The maximum Gasteiger partial charge on any atom is 0.259 e. The van der Waals surface area contributed by atoms with E-state index in [-0.39, 0.29) is 11.5 Å². The molecule has 2 heterocycles. The highest BCUT2D eigenvalue weighted by Crippen LogP contribution is 2.34. The number of aromatic nitrogens is 2. The van der Waals surface area contributed by atoms with E-state index in [0.29, 0.717) is 23.9 Å². The fraction of sp³-hybridized carbons (Fsp3) is 0.350. The number of carbonyl (C=O) groups excluding carboxylic acids is 1. The maximum atomic E-state index is 12.4. The fourth-order valence-corrected chi connectivity index (χ4v) is 5.39. The van der Waals surface area contributed by atoms with E-state index in [1.165, 1.54) is 22.2 Å². The minimum atomic E-state index is -0.0533. The number of H-pyrrole nitrogens is 1. The molecular formula is C20H21N3O3S2. The van der Waals surface area contributed by atoms with Crippen LogP contribution in [-0.4, -0.2) is 28.7 Å². The molecule has 28 heavy (non-hydrogen) atoms. The molecule has 2 aromatic heterocycles. The van der Waals surface area contributed by atoms with Crippen molar-refractivity contribution in [2.75, 3.05) is 12.9 Å². The molecule has 0 bridgehead atoms. The summed E-state index contributed by atoms with van der Waals surface area (Å²) >= 11 is 3.07. The second-order valence-corrected chi connectivity index (χ2v) is 8.74. The molecule has 0 fully saturated rings. The molecule has 4 rings (SSSR count). The molecule has 0 atom stereocenters. The monoisotopic (exact) mass is 415 g/mol. The summed E-state index contributed by atoms with van der Waals surface area (Å²) in [7, 11) is 1.62.